The largest absolute Gasteiger partial charge is 0.497 e. The first-order valence-corrected chi connectivity index (χ1v) is 12.9. The highest BCUT2D eigenvalue weighted by molar-refractivity contribution is 7.90. The van der Waals surface area contributed by atoms with Crippen molar-refractivity contribution >= 4 is 33.6 Å². The van der Waals surface area contributed by atoms with Gasteiger partial charge in [0.15, 0.2) is 5.65 Å². The maximum atomic E-state index is 14.5. The Morgan fingerprint density at radius 1 is 0.889 bits per heavy atom. The molecular formula is C26H25BF2N2O4S. The van der Waals surface area contributed by atoms with Crippen molar-refractivity contribution in [3.63, 3.8) is 0 Å². The quantitative estimate of drug-likeness (QED) is 0.368. The first-order chi connectivity index (χ1) is 16.8. The minimum absolute atomic E-state index is 0.0148. The Kier molecular flexibility index (Phi) is 5.62. The number of aromatic nitrogens is 2. The molecule has 10 heteroatoms. The Morgan fingerprint density at radius 3 is 2.06 bits per heavy atom. The van der Waals surface area contributed by atoms with E-state index in [1.807, 2.05) is 34.6 Å². The normalized spacial score (nSPS) is 17.1. The molecule has 0 bridgehead atoms. The van der Waals surface area contributed by atoms with Gasteiger partial charge in [0.25, 0.3) is 10.0 Å². The second kappa shape index (κ2) is 8.23. The molecule has 0 spiro atoms. The number of nitrogens with zero attached hydrogens (tertiary/aromatic N) is 2. The zero-order valence-electron chi connectivity index (χ0n) is 20.5. The lowest BCUT2D eigenvalue weighted by atomic mass is 9.76. The van der Waals surface area contributed by atoms with Crippen LogP contribution in [0, 0.1) is 18.6 Å². The summed E-state index contributed by atoms with van der Waals surface area (Å²) in [6, 6.07) is 13.0. The molecule has 6 nitrogen and oxygen atoms in total. The number of hydrogen-bond donors (Lipinski definition) is 0. The van der Waals surface area contributed by atoms with Crippen LogP contribution in [0.4, 0.5) is 8.78 Å². The Balaban J connectivity index is 1.89. The van der Waals surface area contributed by atoms with Crippen LogP contribution >= 0.6 is 0 Å². The van der Waals surface area contributed by atoms with Crippen LogP contribution < -0.4 is 5.46 Å². The van der Waals surface area contributed by atoms with E-state index in [1.165, 1.54) is 42.5 Å². The summed E-state index contributed by atoms with van der Waals surface area (Å²) in [6.07, 6.45) is 0.964. The maximum Gasteiger partial charge on any atom is 0.497 e. The lowest BCUT2D eigenvalue weighted by Gasteiger charge is -2.32. The molecule has 1 aliphatic rings. The minimum atomic E-state index is -4.22. The maximum absolute atomic E-state index is 14.5. The predicted molar refractivity (Wildman–Crippen MR) is 135 cm³/mol. The number of hydrogen-bond acceptors (Lipinski definition) is 5. The van der Waals surface area contributed by atoms with Crippen LogP contribution in [0.5, 0.6) is 0 Å². The molecule has 36 heavy (non-hydrogen) atoms. The zero-order valence-corrected chi connectivity index (χ0v) is 21.4. The Bertz CT molecular complexity index is 1570. The van der Waals surface area contributed by atoms with Crippen LogP contribution in [0.3, 0.4) is 0 Å². The summed E-state index contributed by atoms with van der Waals surface area (Å²) in [5, 5.41) is 0.225. The Morgan fingerprint density at radius 2 is 1.47 bits per heavy atom. The van der Waals surface area contributed by atoms with Gasteiger partial charge >= 0.3 is 7.12 Å². The van der Waals surface area contributed by atoms with Gasteiger partial charge in [0.05, 0.1) is 28.0 Å². The van der Waals surface area contributed by atoms with E-state index in [2.05, 4.69) is 4.98 Å². The summed E-state index contributed by atoms with van der Waals surface area (Å²) < 4.78 is 70.1. The average Bonchev–Trinajstić information content (AvgIpc) is 3.24. The van der Waals surface area contributed by atoms with Crippen molar-refractivity contribution in [2.75, 3.05) is 0 Å². The molecule has 1 saturated heterocycles. The SMILES string of the molecule is Cc1ccc(S(=O)(=O)n2c(-c3ccc(F)cc3)c(B3OC(C)(C)C(C)(C)O3)c3cc(F)cnc32)cc1. The van der Waals surface area contributed by atoms with E-state index in [0.29, 0.717) is 11.0 Å². The van der Waals surface area contributed by atoms with Crippen LogP contribution in [-0.4, -0.2) is 35.7 Å². The summed E-state index contributed by atoms with van der Waals surface area (Å²) in [5.41, 5.74) is 0.269. The molecule has 0 unspecified atom stereocenters. The molecule has 4 aromatic rings. The number of halogens is 2. The van der Waals surface area contributed by atoms with Gasteiger partial charge in [0.1, 0.15) is 11.6 Å². The number of benzene rings is 2. The summed E-state index contributed by atoms with van der Waals surface area (Å²) in [5.74, 6) is -1.13. The van der Waals surface area contributed by atoms with Gasteiger partial charge in [-0.2, -0.15) is 0 Å². The van der Waals surface area contributed by atoms with Gasteiger partial charge < -0.3 is 9.31 Å². The lowest BCUT2D eigenvalue weighted by Crippen LogP contribution is -2.41. The van der Waals surface area contributed by atoms with Gasteiger partial charge in [-0.1, -0.05) is 17.7 Å². The molecule has 2 aromatic heterocycles. The van der Waals surface area contributed by atoms with Crippen molar-refractivity contribution in [2.45, 2.75) is 50.7 Å². The molecular weight excluding hydrogens is 485 g/mol. The summed E-state index contributed by atoms with van der Waals surface area (Å²) in [4.78, 5) is 4.21. The highest BCUT2D eigenvalue weighted by atomic mass is 32.2. The third-order valence-corrected chi connectivity index (χ3v) is 8.64. The van der Waals surface area contributed by atoms with E-state index in [-0.39, 0.29) is 21.6 Å². The van der Waals surface area contributed by atoms with Crippen LogP contribution in [0.1, 0.15) is 33.3 Å². The number of pyridine rings is 1. The van der Waals surface area contributed by atoms with E-state index in [1.54, 1.807) is 12.1 Å². The van der Waals surface area contributed by atoms with Crippen LogP contribution in [0.25, 0.3) is 22.3 Å². The first-order valence-electron chi connectivity index (χ1n) is 11.5. The van der Waals surface area contributed by atoms with Crippen molar-refractivity contribution in [2.24, 2.45) is 0 Å². The van der Waals surface area contributed by atoms with E-state index in [4.69, 9.17) is 9.31 Å². The molecule has 0 aliphatic carbocycles. The fourth-order valence-corrected chi connectivity index (χ4v) is 5.77. The zero-order chi connectivity index (χ0) is 26.0. The van der Waals surface area contributed by atoms with Gasteiger partial charge in [-0.25, -0.2) is 26.2 Å². The molecule has 0 amide bonds. The molecule has 1 aliphatic heterocycles. The number of rotatable bonds is 4. The number of fused-ring (bicyclic) bond motifs is 1. The molecule has 3 heterocycles. The molecule has 0 atom stereocenters. The van der Waals surface area contributed by atoms with Crippen molar-refractivity contribution in [3.05, 3.63) is 78.0 Å². The third-order valence-electron chi connectivity index (χ3n) is 6.94. The fraction of sp³-hybridized carbons (Fsp3) is 0.269. The summed E-state index contributed by atoms with van der Waals surface area (Å²) in [6.45, 7) is 9.32. The van der Waals surface area contributed by atoms with Crippen molar-refractivity contribution in [3.8, 4) is 11.3 Å². The molecule has 186 valence electrons. The van der Waals surface area contributed by atoms with Gasteiger partial charge in [0.2, 0.25) is 0 Å². The summed E-state index contributed by atoms with van der Waals surface area (Å²) in [7, 11) is -5.26. The summed E-state index contributed by atoms with van der Waals surface area (Å²) >= 11 is 0. The van der Waals surface area contributed by atoms with Gasteiger partial charge in [-0.15, -0.1) is 0 Å². The predicted octanol–water partition coefficient (Wildman–Crippen LogP) is 4.83. The Labute approximate surface area is 209 Å². The molecule has 0 saturated carbocycles. The highest BCUT2D eigenvalue weighted by Gasteiger charge is 2.54. The minimum Gasteiger partial charge on any atom is -0.399 e. The van der Waals surface area contributed by atoms with E-state index in [9.17, 15) is 17.2 Å². The molecule has 0 N–H and O–H groups in total. The fourth-order valence-electron chi connectivity index (χ4n) is 4.26. The molecule has 0 radical (unpaired) electrons. The van der Waals surface area contributed by atoms with E-state index >= 15 is 0 Å². The van der Waals surface area contributed by atoms with Crippen LogP contribution in [0.15, 0.2) is 65.7 Å². The Hall–Kier alpha value is -3.08. The lowest BCUT2D eigenvalue weighted by molar-refractivity contribution is 0.00578. The third kappa shape index (κ3) is 3.84. The molecule has 5 rings (SSSR count). The standard InChI is InChI=1S/C26H25BF2N2O4S/c1-16-6-12-20(13-7-16)36(32,33)31-23(17-8-10-18(28)11-9-17)22(21-14-19(29)15-30-24(21)31)27-34-25(2,3)26(4,5)35-27/h6-15H,1-5H3. The van der Waals surface area contributed by atoms with Gasteiger partial charge in [-0.3, -0.25) is 0 Å². The molecule has 1 fully saturated rings. The first kappa shape index (κ1) is 24.6. The van der Waals surface area contributed by atoms with Crippen molar-refractivity contribution in [1.82, 2.24) is 8.96 Å². The van der Waals surface area contributed by atoms with Gasteiger partial charge in [0, 0.05) is 10.8 Å². The monoisotopic (exact) mass is 510 g/mol. The number of aryl methyl sites for hydroxylation is 1. The smallest absolute Gasteiger partial charge is 0.399 e. The van der Waals surface area contributed by atoms with Crippen molar-refractivity contribution in [1.29, 1.82) is 0 Å². The van der Waals surface area contributed by atoms with Crippen molar-refractivity contribution < 1.29 is 26.5 Å². The average molecular weight is 510 g/mol. The second-order valence-corrected chi connectivity index (χ2v) is 11.8. The highest BCUT2D eigenvalue weighted by Crippen LogP contribution is 2.39. The van der Waals surface area contributed by atoms with Crippen LogP contribution in [0.2, 0.25) is 0 Å². The topological polar surface area (TPSA) is 70.4 Å². The second-order valence-electron chi connectivity index (χ2n) is 9.96. The van der Waals surface area contributed by atoms with Gasteiger partial charge in [-0.05, 0) is 82.6 Å². The molecule has 2 aromatic carbocycles. The van der Waals surface area contributed by atoms with E-state index < -0.39 is 40.0 Å². The van der Waals surface area contributed by atoms with Crippen LogP contribution in [-0.2, 0) is 19.3 Å². The van der Waals surface area contributed by atoms with E-state index in [0.717, 1.165) is 15.7 Å².